The van der Waals surface area contributed by atoms with E-state index >= 15 is 0 Å². The fourth-order valence-corrected chi connectivity index (χ4v) is 5.95. The third-order valence-corrected chi connectivity index (χ3v) is 7.06. The minimum absolute atomic E-state index is 0.0541. The van der Waals surface area contributed by atoms with Crippen LogP contribution < -0.4 is 4.74 Å². The smallest absolute Gasteiger partial charge is 0.174 e. The summed E-state index contributed by atoms with van der Waals surface area (Å²) in [6.07, 6.45) is 1.67. The summed E-state index contributed by atoms with van der Waals surface area (Å²) in [5, 5.41) is 22.1. The molecule has 4 unspecified atom stereocenters. The Morgan fingerprint density at radius 2 is 2.09 bits per heavy atom. The van der Waals surface area contributed by atoms with Gasteiger partial charge in [0.15, 0.2) is 23.4 Å². The highest BCUT2D eigenvalue weighted by atomic mass is 16.5. The van der Waals surface area contributed by atoms with Gasteiger partial charge < -0.3 is 19.4 Å². The molecular weight excluding hydrogens is 294 g/mol. The van der Waals surface area contributed by atoms with Gasteiger partial charge in [0, 0.05) is 24.8 Å². The molecule has 1 aromatic carbocycles. The number of ketones is 1. The van der Waals surface area contributed by atoms with Crippen LogP contribution in [0.15, 0.2) is 12.1 Å². The molecule has 5 nitrogen and oxygen atoms in total. The number of likely N-dealkylation sites (N-methyl/N-ethyl adjacent to an activating group) is 1. The molecular formula is C18H22NO4+. The Labute approximate surface area is 135 Å². The van der Waals surface area contributed by atoms with Crippen molar-refractivity contribution >= 4 is 5.78 Å². The van der Waals surface area contributed by atoms with Gasteiger partial charge in [-0.05, 0) is 18.1 Å². The summed E-state index contributed by atoms with van der Waals surface area (Å²) in [7, 11) is 4.34. The van der Waals surface area contributed by atoms with Crippen LogP contribution in [0.1, 0.15) is 30.4 Å². The van der Waals surface area contributed by atoms with E-state index in [1.165, 1.54) is 0 Å². The van der Waals surface area contributed by atoms with Gasteiger partial charge in [0.2, 0.25) is 0 Å². The maximum atomic E-state index is 12.6. The Kier molecular flexibility index (Phi) is 2.24. The number of ether oxygens (including phenoxy) is 1. The molecule has 2 aliphatic heterocycles. The van der Waals surface area contributed by atoms with Crippen molar-refractivity contribution in [3.05, 3.63) is 23.3 Å². The van der Waals surface area contributed by atoms with Gasteiger partial charge in [-0.3, -0.25) is 4.79 Å². The zero-order valence-electron chi connectivity index (χ0n) is 13.5. The number of hydrogen-bond acceptors (Lipinski definition) is 4. The van der Waals surface area contributed by atoms with Gasteiger partial charge >= 0.3 is 0 Å². The van der Waals surface area contributed by atoms with E-state index in [1.54, 1.807) is 6.07 Å². The van der Waals surface area contributed by atoms with Crippen molar-refractivity contribution < 1.29 is 24.2 Å². The molecule has 23 heavy (non-hydrogen) atoms. The molecule has 1 aromatic rings. The van der Waals surface area contributed by atoms with Crippen molar-refractivity contribution in [2.75, 3.05) is 20.6 Å². The molecule has 1 saturated heterocycles. The van der Waals surface area contributed by atoms with E-state index in [0.717, 1.165) is 28.6 Å². The summed E-state index contributed by atoms with van der Waals surface area (Å²) in [6, 6.07) is 3.66. The second-order valence-corrected chi connectivity index (χ2v) is 8.28. The van der Waals surface area contributed by atoms with E-state index in [1.807, 2.05) is 6.07 Å². The van der Waals surface area contributed by atoms with E-state index < -0.39 is 17.1 Å². The molecule has 122 valence electrons. The van der Waals surface area contributed by atoms with Gasteiger partial charge in [-0.25, -0.2) is 0 Å². The van der Waals surface area contributed by atoms with Crippen molar-refractivity contribution in [2.24, 2.45) is 0 Å². The van der Waals surface area contributed by atoms with E-state index in [4.69, 9.17) is 4.74 Å². The number of aromatic hydroxyl groups is 1. The molecule has 1 saturated carbocycles. The monoisotopic (exact) mass is 316 g/mol. The maximum Gasteiger partial charge on any atom is 0.174 e. The Balaban J connectivity index is 1.88. The second kappa shape index (κ2) is 3.73. The first-order chi connectivity index (χ1) is 10.8. The lowest BCUT2D eigenvalue weighted by Gasteiger charge is -2.63. The number of rotatable bonds is 0. The number of piperidine rings is 1. The SMILES string of the molecule is C[N+]1(C)CCC23c4c5ccc(O)c4OC2C(=O)CCC3(O)C1C5. The number of Topliss-reactive ketones (excluding diaryl/α,β-unsaturated/α-hetero) is 1. The molecule has 5 rings (SSSR count). The average Bonchev–Trinajstić information content (AvgIpc) is 2.86. The fraction of sp³-hybridized carbons (Fsp3) is 0.611. The first kappa shape index (κ1) is 13.8. The first-order valence-electron chi connectivity index (χ1n) is 8.41. The predicted octanol–water partition coefficient (Wildman–Crippen LogP) is 0.890. The summed E-state index contributed by atoms with van der Waals surface area (Å²) in [4.78, 5) is 12.6. The summed E-state index contributed by atoms with van der Waals surface area (Å²) >= 11 is 0. The van der Waals surface area contributed by atoms with Gasteiger partial charge in [0.25, 0.3) is 0 Å². The Bertz CT molecular complexity index is 758. The number of phenolic OH excluding ortho intramolecular Hbond substituents is 1. The third kappa shape index (κ3) is 1.28. The molecule has 5 heteroatoms. The minimum Gasteiger partial charge on any atom is -0.504 e. The lowest BCUT2D eigenvalue weighted by molar-refractivity contribution is -0.931. The zero-order valence-corrected chi connectivity index (χ0v) is 13.5. The molecule has 0 radical (unpaired) electrons. The molecule has 2 heterocycles. The number of hydrogen-bond donors (Lipinski definition) is 2. The van der Waals surface area contributed by atoms with Crippen LogP contribution in [0, 0.1) is 0 Å². The van der Waals surface area contributed by atoms with Crippen molar-refractivity contribution in [1.29, 1.82) is 0 Å². The summed E-state index contributed by atoms with van der Waals surface area (Å²) in [5.41, 5.74) is 0.409. The summed E-state index contributed by atoms with van der Waals surface area (Å²) < 4.78 is 6.75. The number of nitrogens with zero attached hydrogens (tertiary/aromatic N) is 1. The zero-order chi connectivity index (χ0) is 16.2. The van der Waals surface area contributed by atoms with E-state index in [-0.39, 0.29) is 17.6 Å². The van der Waals surface area contributed by atoms with Crippen molar-refractivity contribution in [2.45, 2.75) is 48.8 Å². The number of aliphatic hydroxyl groups is 1. The number of phenols is 1. The standard InChI is InChI=1S/C18H21NO4/c1-19(2)8-7-17-14-10-3-4-11(20)15(14)23-16(17)12(21)5-6-18(17,22)13(19)9-10/h3-4,13,16,22H,5-9H2,1-2H3/p+1. The molecule has 0 aromatic heterocycles. The Morgan fingerprint density at radius 1 is 1.30 bits per heavy atom. The van der Waals surface area contributed by atoms with Crippen LogP contribution in [-0.4, -0.2) is 58.9 Å². The van der Waals surface area contributed by atoms with Crippen molar-refractivity contribution in [3.63, 3.8) is 0 Å². The Morgan fingerprint density at radius 3 is 2.87 bits per heavy atom. The van der Waals surface area contributed by atoms with E-state index in [9.17, 15) is 15.0 Å². The molecule has 1 spiro atoms. The van der Waals surface area contributed by atoms with Crippen LogP contribution in [0.2, 0.25) is 0 Å². The second-order valence-electron chi connectivity index (χ2n) is 8.28. The van der Waals surface area contributed by atoms with Crippen LogP contribution in [0.5, 0.6) is 11.5 Å². The van der Waals surface area contributed by atoms with Crippen molar-refractivity contribution in [3.8, 4) is 11.5 Å². The van der Waals surface area contributed by atoms with Crippen LogP contribution in [-0.2, 0) is 16.6 Å². The predicted molar refractivity (Wildman–Crippen MR) is 82.5 cm³/mol. The number of benzene rings is 1. The van der Waals surface area contributed by atoms with Crippen molar-refractivity contribution in [1.82, 2.24) is 0 Å². The lowest BCUT2D eigenvalue weighted by Crippen LogP contribution is -2.79. The summed E-state index contributed by atoms with van der Waals surface area (Å²) in [6.45, 7) is 0.897. The molecule has 2 aliphatic carbocycles. The quantitative estimate of drug-likeness (QED) is 0.698. The molecule has 0 amide bonds. The number of carbonyl (C=O) groups is 1. The minimum atomic E-state index is -0.945. The highest BCUT2D eigenvalue weighted by molar-refractivity contribution is 5.89. The van der Waals surface area contributed by atoms with Crippen LogP contribution >= 0.6 is 0 Å². The van der Waals surface area contributed by atoms with Crippen LogP contribution in [0.3, 0.4) is 0 Å². The normalized spacial score (nSPS) is 42.1. The molecule has 2 bridgehead atoms. The highest BCUT2D eigenvalue weighted by Crippen LogP contribution is 2.65. The number of likely N-dealkylation sites (tertiary alicyclic amines) is 1. The van der Waals surface area contributed by atoms with Gasteiger partial charge in [-0.15, -0.1) is 0 Å². The van der Waals surface area contributed by atoms with Gasteiger partial charge in [0.1, 0.15) is 11.6 Å². The van der Waals surface area contributed by atoms with Gasteiger partial charge in [-0.1, -0.05) is 6.07 Å². The number of carbonyl (C=O) groups excluding carboxylic acids is 1. The number of quaternary nitrogens is 1. The van der Waals surface area contributed by atoms with E-state index in [2.05, 4.69) is 14.1 Å². The van der Waals surface area contributed by atoms with Crippen LogP contribution in [0.4, 0.5) is 0 Å². The fourth-order valence-electron chi connectivity index (χ4n) is 5.95. The molecule has 2 N–H and O–H groups in total. The lowest BCUT2D eigenvalue weighted by atomic mass is 9.48. The topological polar surface area (TPSA) is 66.8 Å². The highest BCUT2D eigenvalue weighted by Gasteiger charge is 2.75. The average molecular weight is 316 g/mol. The molecule has 2 fully saturated rings. The third-order valence-electron chi connectivity index (χ3n) is 7.06. The molecule has 4 atom stereocenters. The summed E-state index contributed by atoms with van der Waals surface area (Å²) in [5.74, 6) is 0.580. The maximum absolute atomic E-state index is 12.6. The Hall–Kier alpha value is -1.59. The largest absolute Gasteiger partial charge is 0.504 e. The van der Waals surface area contributed by atoms with Crippen LogP contribution in [0.25, 0.3) is 0 Å². The molecule has 4 aliphatic rings. The van der Waals surface area contributed by atoms with E-state index in [0.29, 0.717) is 25.0 Å². The van der Waals surface area contributed by atoms with Gasteiger partial charge in [-0.2, -0.15) is 0 Å². The van der Waals surface area contributed by atoms with Gasteiger partial charge in [0.05, 0.1) is 26.1 Å². The first-order valence-corrected chi connectivity index (χ1v) is 8.41.